The van der Waals surface area contributed by atoms with Gasteiger partial charge in [0.1, 0.15) is 29.9 Å². The third-order valence-corrected chi connectivity index (χ3v) is 4.54. The maximum atomic E-state index is 12.2. The summed E-state index contributed by atoms with van der Waals surface area (Å²) in [5, 5.41) is 9.62. The summed E-state index contributed by atoms with van der Waals surface area (Å²) in [4.78, 5) is 15.9. The molecule has 138 valence electrons. The number of aliphatic hydroxyl groups excluding tert-OH is 1. The molecule has 0 aliphatic carbocycles. The van der Waals surface area contributed by atoms with E-state index in [4.69, 9.17) is 24.7 Å². The number of anilines is 1. The molecule has 0 bridgehead atoms. The number of benzene rings is 1. The summed E-state index contributed by atoms with van der Waals surface area (Å²) in [6, 6.07) is 8.80. The topological polar surface area (TPSA) is 118 Å². The summed E-state index contributed by atoms with van der Waals surface area (Å²) in [6.45, 7) is -0.256. The van der Waals surface area contributed by atoms with Crippen molar-refractivity contribution >= 4 is 5.82 Å². The highest BCUT2D eigenvalue weighted by Crippen LogP contribution is 2.43. The van der Waals surface area contributed by atoms with Crippen molar-refractivity contribution in [2.24, 2.45) is 0 Å². The van der Waals surface area contributed by atoms with Gasteiger partial charge in [-0.25, -0.2) is 4.79 Å². The van der Waals surface area contributed by atoms with Gasteiger partial charge < -0.3 is 29.8 Å². The quantitative estimate of drug-likeness (QED) is 0.793. The van der Waals surface area contributed by atoms with Gasteiger partial charge in [0.25, 0.3) is 0 Å². The van der Waals surface area contributed by atoms with E-state index in [1.807, 2.05) is 24.3 Å². The van der Waals surface area contributed by atoms with Crippen LogP contribution in [-0.4, -0.2) is 46.7 Å². The molecule has 2 aromatic rings. The summed E-state index contributed by atoms with van der Waals surface area (Å²) in [7, 11) is 1.59. The first-order valence-electron chi connectivity index (χ1n) is 8.16. The van der Waals surface area contributed by atoms with Crippen LogP contribution >= 0.6 is 0 Å². The maximum absolute atomic E-state index is 12.2. The van der Waals surface area contributed by atoms with Gasteiger partial charge in [0, 0.05) is 11.8 Å². The number of aromatic nitrogens is 2. The van der Waals surface area contributed by atoms with Gasteiger partial charge in [0.15, 0.2) is 12.5 Å². The van der Waals surface area contributed by atoms with Crippen molar-refractivity contribution in [3.63, 3.8) is 0 Å². The summed E-state index contributed by atoms with van der Waals surface area (Å²) in [5.74, 6) is 0.847. The molecule has 0 radical (unpaired) electrons. The highest BCUT2D eigenvalue weighted by molar-refractivity contribution is 5.28. The monoisotopic (exact) mass is 361 g/mol. The Hall–Kier alpha value is -2.46. The van der Waals surface area contributed by atoms with Crippen molar-refractivity contribution in [2.45, 2.75) is 30.8 Å². The van der Waals surface area contributed by atoms with Crippen LogP contribution in [0.1, 0.15) is 18.1 Å². The number of nitrogens with zero attached hydrogens (tertiary/aromatic N) is 2. The molecule has 4 rings (SSSR count). The Labute approximate surface area is 148 Å². The van der Waals surface area contributed by atoms with Crippen LogP contribution in [0.25, 0.3) is 0 Å². The van der Waals surface area contributed by atoms with Crippen molar-refractivity contribution in [2.75, 3.05) is 19.5 Å². The molecule has 3 heterocycles. The van der Waals surface area contributed by atoms with Crippen molar-refractivity contribution in [1.29, 1.82) is 0 Å². The molecule has 0 spiro atoms. The Morgan fingerprint density at radius 1 is 1.19 bits per heavy atom. The normalized spacial score (nSPS) is 30.3. The fraction of sp³-hybridized carbons (Fsp3) is 0.412. The summed E-state index contributed by atoms with van der Waals surface area (Å²) >= 11 is 0. The molecule has 1 aromatic carbocycles. The summed E-state index contributed by atoms with van der Waals surface area (Å²) in [6.07, 6.45) is -1.59. The zero-order valence-corrected chi connectivity index (χ0v) is 14.0. The van der Waals surface area contributed by atoms with E-state index in [9.17, 15) is 9.90 Å². The number of hydrogen-bond donors (Lipinski definition) is 2. The number of rotatable bonds is 4. The lowest BCUT2D eigenvalue weighted by Crippen LogP contribution is -2.34. The Balaban J connectivity index is 1.61. The fourth-order valence-electron chi connectivity index (χ4n) is 3.24. The average Bonchev–Trinajstić information content (AvgIpc) is 3.21. The van der Waals surface area contributed by atoms with E-state index < -0.39 is 36.5 Å². The van der Waals surface area contributed by atoms with E-state index >= 15 is 0 Å². The molecule has 3 N–H and O–H groups in total. The van der Waals surface area contributed by atoms with Crippen LogP contribution in [0.5, 0.6) is 5.75 Å². The zero-order valence-electron chi connectivity index (χ0n) is 14.0. The van der Waals surface area contributed by atoms with E-state index in [0.717, 1.165) is 11.3 Å². The largest absolute Gasteiger partial charge is 0.497 e. The zero-order chi connectivity index (χ0) is 18.3. The maximum Gasteiger partial charge on any atom is 0.351 e. The second kappa shape index (κ2) is 6.69. The molecule has 5 atom stereocenters. The first kappa shape index (κ1) is 17.0. The van der Waals surface area contributed by atoms with Gasteiger partial charge in [-0.2, -0.15) is 4.98 Å². The molecule has 2 fully saturated rings. The van der Waals surface area contributed by atoms with Gasteiger partial charge in [-0.05, 0) is 18.2 Å². The van der Waals surface area contributed by atoms with Gasteiger partial charge in [-0.15, -0.1) is 0 Å². The van der Waals surface area contributed by atoms with Gasteiger partial charge in [0.05, 0.1) is 13.7 Å². The lowest BCUT2D eigenvalue weighted by molar-refractivity contribution is -0.155. The third-order valence-electron chi connectivity index (χ3n) is 4.54. The average molecular weight is 361 g/mol. The van der Waals surface area contributed by atoms with E-state index in [-0.39, 0.29) is 12.4 Å². The number of nitrogen functional groups attached to an aromatic ring is 1. The number of aliphatic hydroxyl groups is 1. The van der Waals surface area contributed by atoms with Crippen molar-refractivity contribution < 1.29 is 24.1 Å². The van der Waals surface area contributed by atoms with E-state index in [1.54, 1.807) is 7.11 Å². The summed E-state index contributed by atoms with van der Waals surface area (Å²) in [5.41, 5.74) is 5.79. The number of methoxy groups -OCH3 is 1. The fourth-order valence-corrected chi connectivity index (χ4v) is 3.24. The molecule has 1 aromatic heterocycles. The predicted molar refractivity (Wildman–Crippen MR) is 89.4 cm³/mol. The number of nitrogens with two attached hydrogens (primary N) is 1. The second-order valence-electron chi connectivity index (χ2n) is 6.10. The SMILES string of the molecule is COc1ccc(C2OC3C(CO)OC(n4ccc(N)nc4=O)C3O2)cc1. The standard InChI is InChI=1S/C17H19N3O6/c1-23-10-4-2-9(3-5-10)16-25-13-11(8-21)24-15(14(13)26-16)20-7-6-12(18)19-17(20)22/h2-7,11,13-16,21H,8H2,1H3,(H2,18,19,22). The first-order valence-corrected chi connectivity index (χ1v) is 8.16. The lowest BCUT2D eigenvalue weighted by atomic mass is 10.1. The minimum Gasteiger partial charge on any atom is -0.497 e. The molecular formula is C17H19N3O6. The van der Waals surface area contributed by atoms with Crippen LogP contribution < -0.4 is 16.2 Å². The Kier molecular flexibility index (Phi) is 4.37. The van der Waals surface area contributed by atoms with Crippen LogP contribution in [0.2, 0.25) is 0 Å². The molecule has 2 aliphatic heterocycles. The van der Waals surface area contributed by atoms with E-state index in [2.05, 4.69) is 4.98 Å². The summed E-state index contributed by atoms with van der Waals surface area (Å²) < 4.78 is 24.2. The van der Waals surface area contributed by atoms with Crippen LogP contribution in [0.4, 0.5) is 5.82 Å². The van der Waals surface area contributed by atoms with Crippen LogP contribution in [-0.2, 0) is 14.2 Å². The van der Waals surface area contributed by atoms with Crippen molar-refractivity contribution in [1.82, 2.24) is 9.55 Å². The van der Waals surface area contributed by atoms with Gasteiger partial charge >= 0.3 is 5.69 Å². The molecular weight excluding hydrogens is 342 g/mol. The smallest absolute Gasteiger partial charge is 0.351 e. The Morgan fingerprint density at radius 3 is 2.58 bits per heavy atom. The van der Waals surface area contributed by atoms with Crippen molar-refractivity contribution in [3.05, 3.63) is 52.6 Å². The number of fused-ring (bicyclic) bond motifs is 1. The van der Waals surface area contributed by atoms with Crippen molar-refractivity contribution in [3.8, 4) is 5.75 Å². The van der Waals surface area contributed by atoms with Crippen LogP contribution in [0.15, 0.2) is 41.3 Å². The van der Waals surface area contributed by atoms with Gasteiger partial charge in [-0.3, -0.25) is 4.57 Å². The minimum absolute atomic E-state index is 0.124. The van der Waals surface area contributed by atoms with E-state index in [0.29, 0.717) is 0 Å². The second-order valence-corrected chi connectivity index (χ2v) is 6.10. The Bertz CT molecular complexity index is 839. The molecule has 0 saturated carbocycles. The predicted octanol–water partition coefficient (Wildman–Crippen LogP) is 0.207. The molecule has 2 aliphatic rings. The molecule has 5 unspecified atom stereocenters. The molecule has 9 nitrogen and oxygen atoms in total. The lowest BCUT2D eigenvalue weighted by Gasteiger charge is -2.21. The molecule has 0 amide bonds. The molecule has 26 heavy (non-hydrogen) atoms. The molecule has 9 heteroatoms. The highest BCUT2D eigenvalue weighted by Gasteiger charge is 2.53. The highest BCUT2D eigenvalue weighted by atomic mass is 16.8. The molecule has 2 saturated heterocycles. The number of ether oxygens (including phenoxy) is 4. The number of hydrogen-bond acceptors (Lipinski definition) is 8. The van der Waals surface area contributed by atoms with Crippen LogP contribution in [0, 0.1) is 0 Å². The van der Waals surface area contributed by atoms with Gasteiger partial charge in [0.2, 0.25) is 0 Å². The Morgan fingerprint density at radius 2 is 1.92 bits per heavy atom. The van der Waals surface area contributed by atoms with E-state index in [1.165, 1.54) is 16.8 Å². The first-order chi connectivity index (χ1) is 12.6. The van der Waals surface area contributed by atoms with Gasteiger partial charge in [-0.1, -0.05) is 12.1 Å². The minimum atomic E-state index is -0.763. The van der Waals surface area contributed by atoms with Crippen LogP contribution in [0.3, 0.4) is 0 Å². The third kappa shape index (κ3) is 2.84.